The molecule has 3 aromatic rings. The minimum atomic E-state index is -0.363. The van der Waals surface area contributed by atoms with Crippen LogP contribution < -0.4 is 0 Å². The van der Waals surface area contributed by atoms with Crippen LogP contribution in [0.1, 0.15) is 23.6 Å². The maximum absolute atomic E-state index is 11.4. The summed E-state index contributed by atoms with van der Waals surface area (Å²) in [6.07, 6.45) is 4.16. The Balaban J connectivity index is 1.61. The average molecular weight is 354 g/mol. The van der Waals surface area contributed by atoms with Crippen molar-refractivity contribution in [2.24, 2.45) is 0 Å². The average Bonchev–Trinajstić information content (AvgIpc) is 2.72. The fraction of sp³-hybridized carbons (Fsp3) is 0.0800. The van der Waals surface area contributed by atoms with Crippen molar-refractivity contribution in [1.82, 2.24) is 0 Å². The largest absolute Gasteiger partial charge is 0.457 e. The zero-order chi connectivity index (χ0) is 19.1. The summed E-state index contributed by atoms with van der Waals surface area (Å²) in [6, 6.07) is 26.8. The third-order valence-corrected chi connectivity index (χ3v) is 4.18. The Bertz CT molecular complexity index is 934. The molecule has 0 radical (unpaired) electrons. The Hall–Kier alpha value is -3.39. The van der Waals surface area contributed by atoms with Gasteiger partial charge in [-0.2, -0.15) is 0 Å². The van der Waals surface area contributed by atoms with Crippen LogP contribution in [0.15, 0.2) is 91.0 Å². The lowest BCUT2D eigenvalue weighted by Crippen LogP contribution is -2.04. The molecule has 0 aliphatic heterocycles. The summed E-state index contributed by atoms with van der Waals surface area (Å²) in [5, 5.41) is 0. The van der Waals surface area contributed by atoms with Crippen molar-refractivity contribution in [1.29, 1.82) is 0 Å². The standard InChI is InChI=1S/C25H22O2/c1-19(2)25(26)27-18-22-12-10-20(11-13-22)8-9-21-14-16-24(17-15-21)23-6-4-3-5-7-23/h3-17H,1,18H2,2H3/b9-8-. The molecule has 0 N–H and O–H groups in total. The van der Waals surface area contributed by atoms with Crippen LogP contribution in [0.3, 0.4) is 0 Å². The van der Waals surface area contributed by atoms with Gasteiger partial charge in [0, 0.05) is 5.57 Å². The highest BCUT2D eigenvalue weighted by Crippen LogP contribution is 2.20. The molecule has 0 aliphatic carbocycles. The molecule has 3 rings (SSSR count). The van der Waals surface area contributed by atoms with Crippen molar-refractivity contribution in [3.63, 3.8) is 0 Å². The molecule has 0 heterocycles. The van der Waals surface area contributed by atoms with E-state index < -0.39 is 0 Å². The van der Waals surface area contributed by atoms with E-state index in [0.717, 1.165) is 16.7 Å². The molecule has 0 saturated carbocycles. The molecule has 0 amide bonds. The molecule has 0 fully saturated rings. The quantitative estimate of drug-likeness (QED) is 0.302. The van der Waals surface area contributed by atoms with Crippen molar-refractivity contribution in [3.8, 4) is 11.1 Å². The van der Waals surface area contributed by atoms with Crippen LogP contribution in [0, 0.1) is 0 Å². The molecule has 0 spiro atoms. The predicted molar refractivity (Wildman–Crippen MR) is 112 cm³/mol. The highest BCUT2D eigenvalue weighted by molar-refractivity contribution is 5.86. The van der Waals surface area contributed by atoms with E-state index in [2.05, 4.69) is 55.1 Å². The first-order chi connectivity index (χ1) is 13.1. The number of esters is 1. The van der Waals surface area contributed by atoms with Crippen molar-refractivity contribution < 1.29 is 9.53 Å². The second-order valence-corrected chi connectivity index (χ2v) is 6.42. The second kappa shape index (κ2) is 8.81. The van der Waals surface area contributed by atoms with Gasteiger partial charge in [-0.15, -0.1) is 0 Å². The second-order valence-electron chi connectivity index (χ2n) is 6.42. The van der Waals surface area contributed by atoms with E-state index in [9.17, 15) is 4.79 Å². The van der Waals surface area contributed by atoms with Crippen molar-refractivity contribution in [3.05, 3.63) is 108 Å². The topological polar surface area (TPSA) is 26.3 Å². The minimum Gasteiger partial charge on any atom is -0.457 e. The summed E-state index contributed by atoms with van der Waals surface area (Å²) in [6.45, 7) is 5.48. The number of hydrogen-bond donors (Lipinski definition) is 0. The normalized spacial score (nSPS) is 10.7. The third kappa shape index (κ3) is 5.29. The molecule has 2 nitrogen and oxygen atoms in total. The highest BCUT2D eigenvalue weighted by Gasteiger charge is 2.03. The molecule has 0 unspecified atom stereocenters. The number of carbonyl (C=O) groups is 1. The fourth-order valence-electron chi connectivity index (χ4n) is 2.61. The van der Waals surface area contributed by atoms with Gasteiger partial charge < -0.3 is 4.74 Å². The Kier molecular flexibility index (Phi) is 6.01. The van der Waals surface area contributed by atoms with Gasteiger partial charge in [-0.25, -0.2) is 4.79 Å². The van der Waals surface area contributed by atoms with Crippen molar-refractivity contribution in [2.45, 2.75) is 13.5 Å². The molecule has 0 atom stereocenters. The van der Waals surface area contributed by atoms with Gasteiger partial charge in [0.1, 0.15) is 6.61 Å². The smallest absolute Gasteiger partial charge is 0.333 e. The van der Waals surface area contributed by atoms with E-state index in [1.807, 2.05) is 42.5 Å². The van der Waals surface area contributed by atoms with E-state index >= 15 is 0 Å². The van der Waals surface area contributed by atoms with Gasteiger partial charge in [0.15, 0.2) is 0 Å². The minimum absolute atomic E-state index is 0.261. The van der Waals surface area contributed by atoms with Gasteiger partial charge >= 0.3 is 5.97 Å². The molecular weight excluding hydrogens is 332 g/mol. The first-order valence-electron chi connectivity index (χ1n) is 8.87. The molecule has 134 valence electrons. The fourth-order valence-corrected chi connectivity index (χ4v) is 2.61. The SMILES string of the molecule is C=C(C)C(=O)OCc1ccc(/C=C\c2ccc(-c3ccccc3)cc2)cc1. The van der Waals surface area contributed by atoms with Gasteiger partial charge in [-0.1, -0.05) is 97.6 Å². The lowest BCUT2D eigenvalue weighted by molar-refractivity contribution is -0.140. The third-order valence-electron chi connectivity index (χ3n) is 4.18. The number of ether oxygens (including phenoxy) is 1. The van der Waals surface area contributed by atoms with Crippen LogP contribution in [0.2, 0.25) is 0 Å². The first kappa shape index (κ1) is 18.4. The highest BCUT2D eigenvalue weighted by atomic mass is 16.5. The predicted octanol–water partition coefficient (Wildman–Crippen LogP) is 6.14. The van der Waals surface area contributed by atoms with E-state index in [1.54, 1.807) is 6.92 Å². The maximum atomic E-state index is 11.4. The Labute approximate surface area is 160 Å². The van der Waals surface area contributed by atoms with Crippen molar-refractivity contribution >= 4 is 18.1 Å². The van der Waals surface area contributed by atoms with E-state index in [1.165, 1.54) is 11.1 Å². The molecule has 0 saturated heterocycles. The maximum Gasteiger partial charge on any atom is 0.333 e. The summed E-state index contributed by atoms with van der Waals surface area (Å²) in [5.74, 6) is -0.363. The zero-order valence-corrected chi connectivity index (χ0v) is 15.4. The lowest BCUT2D eigenvalue weighted by Gasteiger charge is -2.05. The molecular formula is C25H22O2. The van der Waals surface area contributed by atoms with Crippen LogP contribution in [0.4, 0.5) is 0 Å². The summed E-state index contributed by atoms with van der Waals surface area (Å²) in [4.78, 5) is 11.4. The van der Waals surface area contributed by atoms with Crippen LogP contribution in [-0.2, 0) is 16.1 Å². The van der Waals surface area contributed by atoms with E-state index in [4.69, 9.17) is 4.74 Å². The van der Waals surface area contributed by atoms with Crippen LogP contribution in [-0.4, -0.2) is 5.97 Å². The van der Waals surface area contributed by atoms with E-state index in [0.29, 0.717) is 5.57 Å². The monoisotopic (exact) mass is 354 g/mol. The molecule has 27 heavy (non-hydrogen) atoms. The molecule has 0 aliphatic rings. The Morgan fingerprint density at radius 3 is 1.89 bits per heavy atom. The van der Waals surface area contributed by atoms with Gasteiger partial charge in [0.05, 0.1) is 0 Å². The van der Waals surface area contributed by atoms with Crippen LogP contribution >= 0.6 is 0 Å². The molecule has 0 aromatic heterocycles. The van der Waals surface area contributed by atoms with Crippen LogP contribution in [0.25, 0.3) is 23.3 Å². The molecule has 0 bridgehead atoms. The van der Waals surface area contributed by atoms with Gasteiger partial charge in [0.2, 0.25) is 0 Å². The first-order valence-corrected chi connectivity index (χ1v) is 8.87. The van der Waals surface area contributed by atoms with E-state index in [-0.39, 0.29) is 12.6 Å². The van der Waals surface area contributed by atoms with Crippen LogP contribution in [0.5, 0.6) is 0 Å². The lowest BCUT2D eigenvalue weighted by atomic mass is 10.0. The number of hydrogen-bond acceptors (Lipinski definition) is 2. The summed E-state index contributed by atoms with van der Waals surface area (Å²) in [7, 11) is 0. The Morgan fingerprint density at radius 2 is 1.33 bits per heavy atom. The molecule has 3 aromatic carbocycles. The summed E-state index contributed by atoms with van der Waals surface area (Å²) in [5.41, 5.74) is 6.03. The summed E-state index contributed by atoms with van der Waals surface area (Å²) < 4.78 is 5.15. The zero-order valence-electron chi connectivity index (χ0n) is 15.4. The number of rotatable bonds is 6. The number of benzene rings is 3. The Morgan fingerprint density at radius 1 is 0.815 bits per heavy atom. The van der Waals surface area contributed by atoms with Gasteiger partial charge in [-0.3, -0.25) is 0 Å². The van der Waals surface area contributed by atoms with Gasteiger partial charge in [-0.05, 0) is 34.7 Å². The molecule has 2 heteroatoms. The summed E-state index contributed by atoms with van der Waals surface area (Å²) >= 11 is 0. The van der Waals surface area contributed by atoms with Crippen molar-refractivity contribution in [2.75, 3.05) is 0 Å². The van der Waals surface area contributed by atoms with Gasteiger partial charge in [0.25, 0.3) is 0 Å². The number of carbonyl (C=O) groups excluding carboxylic acids is 1.